The third-order valence-electron chi connectivity index (χ3n) is 5.74. The molecule has 0 spiro atoms. The van der Waals surface area contributed by atoms with Crippen LogP contribution < -0.4 is 5.56 Å². The number of para-hydroxylation sites is 1. The Balaban J connectivity index is 1.88. The van der Waals surface area contributed by atoms with Crippen molar-refractivity contribution in [2.24, 2.45) is 0 Å². The Morgan fingerprint density at radius 3 is 2.29 bits per heavy atom. The molecule has 1 heterocycles. The molecular weight excluding hydrogens is 386 g/mol. The van der Waals surface area contributed by atoms with Crippen molar-refractivity contribution in [1.82, 2.24) is 14.5 Å². The Hall–Kier alpha value is -3.73. The average molecular weight is 412 g/mol. The molecule has 0 aliphatic rings. The molecule has 1 atom stereocenters. The van der Waals surface area contributed by atoms with Crippen molar-refractivity contribution in [3.8, 4) is 5.69 Å². The number of carbonyl (C=O) groups is 1. The lowest BCUT2D eigenvalue weighted by atomic mass is 10.1. The van der Waals surface area contributed by atoms with Crippen LogP contribution in [0.3, 0.4) is 0 Å². The van der Waals surface area contributed by atoms with Crippen molar-refractivity contribution >= 4 is 16.8 Å². The maximum Gasteiger partial charge on any atom is 0.266 e. The molecule has 0 saturated carbocycles. The number of nitrogens with zero attached hydrogens (tertiary/aromatic N) is 3. The number of hydrogen-bond donors (Lipinski definition) is 0. The smallest absolute Gasteiger partial charge is 0.266 e. The van der Waals surface area contributed by atoms with Crippen molar-refractivity contribution in [3.05, 3.63) is 106 Å². The molecular formula is C26H25N3O2. The van der Waals surface area contributed by atoms with E-state index in [9.17, 15) is 9.59 Å². The van der Waals surface area contributed by atoms with E-state index in [2.05, 4.69) is 0 Å². The summed E-state index contributed by atoms with van der Waals surface area (Å²) in [5, 5.41) is 0.548. The molecule has 5 heteroatoms. The zero-order valence-electron chi connectivity index (χ0n) is 18.2. The maximum absolute atomic E-state index is 13.5. The minimum absolute atomic E-state index is 0.108. The predicted molar refractivity (Wildman–Crippen MR) is 124 cm³/mol. The van der Waals surface area contributed by atoms with Crippen LogP contribution in [-0.2, 0) is 0 Å². The van der Waals surface area contributed by atoms with E-state index in [4.69, 9.17) is 4.98 Å². The van der Waals surface area contributed by atoms with Gasteiger partial charge in [-0.25, -0.2) is 4.98 Å². The Morgan fingerprint density at radius 1 is 0.935 bits per heavy atom. The first-order valence-corrected chi connectivity index (χ1v) is 10.3. The summed E-state index contributed by atoms with van der Waals surface area (Å²) in [5.41, 5.74) is 3.86. The zero-order chi connectivity index (χ0) is 22.1. The molecule has 0 radical (unpaired) electrons. The Kier molecular flexibility index (Phi) is 5.42. The van der Waals surface area contributed by atoms with Gasteiger partial charge in [0.05, 0.1) is 22.6 Å². The molecule has 0 N–H and O–H groups in total. The first-order chi connectivity index (χ1) is 14.9. The first-order valence-electron chi connectivity index (χ1n) is 10.3. The molecule has 156 valence electrons. The number of carbonyl (C=O) groups excluding carboxylic acids is 1. The van der Waals surface area contributed by atoms with Gasteiger partial charge >= 0.3 is 0 Å². The van der Waals surface area contributed by atoms with Gasteiger partial charge < -0.3 is 4.90 Å². The number of benzene rings is 3. The van der Waals surface area contributed by atoms with E-state index in [0.717, 1.165) is 16.8 Å². The summed E-state index contributed by atoms with van der Waals surface area (Å²) in [6.45, 7) is 5.82. The highest BCUT2D eigenvalue weighted by Gasteiger charge is 2.25. The summed E-state index contributed by atoms with van der Waals surface area (Å²) in [6, 6.07) is 22.1. The highest BCUT2D eigenvalue weighted by atomic mass is 16.2. The van der Waals surface area contributed by atoms with E-state index in [-0.39, 0.29) is 11.5 Å². The van der Waals surface area contributed by atoms with Crippen LogP contribution in [0.2, 0.25) is 0 Å². The summed E-state index contributed by atoms with van der Waals surface area (Å²) in [6.07, 6.45) is 0. The Morgan fingerprint density at radius 2 is 1.58 bits per heavy atom. The normalized spacial score (nSPS) is 12.0. The number of aryl methyl sites for hydroxylation is 2. The van der Waals surface area contributed by atoms with Gasteiger partial charge in [-0.1, -0.05) is 48.0 Å². The van der Waals surface area contributed by atoms with Crippen LogP contribution in [0, 0.1) is 13.8 Å². The average Bonchev–Trinajstić information content (AvgIpc) is 2.79. The topological polar surface area (TPSA) is 55.2 Å². The zero-order valence-corrected chi connectivity index (χ0v) is 18.2. The molecule has 1 aromatic heterocycles. The van der Waals surface area contributed by atoms with E-state index in [1.54, 1.807) is 22.6 Å². The molecule has 4 aromatic rings. The van der Waals surface area contributed by atoms with Crippen molar-refractivity contribution in [2.45, 2.75) is 26.8 Å². The van der Waals surface area contributed by atoms with E-state index in [0.29, 0.717) is 22.3 Å². The fourth-order valence-corrected chi connectivity index (χ4v) is 3.73. The van der Waals surface area contributed by atoms with Crippen molar-refractivity contribution in [1.29, 1.82) is 0 Å². The second kappa shape index (κ2) is 8.19. The number of hydrogen-bond acceptors (Lipinski definition) is 3. The van der Waals surface area contributed by atoms with E-state index < -0.39 is 6.04 Å². The lowest BCUT2D eigenvalue weighted by Crippen LogP contribution is -2.35. The van der Waals surface area contributed by atoms with Gasteiger partial charge in [0.25, 0.3) is 11.5 Å². The summed E-state index contributed by atoms with van der Waals surface area (Å²) >= 11 is 0. The van der Waals surface area contributed by atoms with Crippen LogP contribution in [0.4, 0.5) is 0 Å². The van der Waals surface area contributed by atoms with Crippen LogP contribution in [-0.4, -0.2) is 27.4 Å². The molecule has 3 aromatic carbocycles. The number of fused-ring (bicyclic) bond motifs is 1. The quantitative estimate of drug-likeness (QED) is 0.483. The molecule has 0 aliphatic heterocycles. The van der Waals surface area contributed by atoms with E-state index in [1.165, 1.54) is 0 Å². The Labute approximate surface area is 181 Å². The molecule has 1 unspecified atom stereocenters. The molecule has 0 fully saturated rings. The standard InChI is InChI=1S/C26H25N3O2/c1-17-13-15-20(16-14-17)29-24(27-23-12-8-7-11-22(23)26(29)31)19(3)28(4)25(30)21-10-6-5-9-18(21)2/h5-16,19H,1-4H3. The second-order valence-corrected chi connectivity index (χ2v) is 7.87. The lowest BCUT2D eigenvalue weighted by molar-refractivity contribution is 0.0734. The number of amides is 1. The Bertz CT molecular complexity index is 1320. The predicted octanol–water partition coefficient (Wildman–Crippen LogP) is 4.84. The lowest BCUT2D eigenvalue weighted by Gasteiger charge is -2.27. The summed E-state index contributed by atoms with van der Waals surface area (Å²) in [5.74, 6) is 0.417. The van der Waals surface area contributed by atoms with Crippen LogP contribution in [0.5, 0.6) is 0 Å². The van der Waals surface area contributed by atoms with Crippen LogP contribution >= 0.6 is 0 Å². The summed E-state index contributed by atoms with van der Waals surface area (Å²) in [7, 11) is 1.75. The number of rotatable bonds is 4. The van der Waals surface area contributed by atoms with E-state index >= 15 is 0 Å². The monoisotopic (exact) mass is 411 g/mol. The van der Waals surface area contributed by atoms with Gasteiger partial charge in [0.1, 0.15) is 5.82 Å². The maximum atomic E-state index is 13.5. The van der Waals surface area contributed by atoms with Crippen LogP contribution in [0.1, 0.15) is 40.3 Å². The fraction of sp³-hybridized carbons (Fsp3) is 0.192. The van der Waals surface area contributed by atoms with Crippen molar-refractivity contribution < 1.29 is 4.79 Å². The summed E-state index contributed by atoms with van der Waals surface area (Å²) < 4.78 is 1.62. The highest BCUT2D eigenvalue weighted by Crippen LogP contribution is 2.24. The van der Waals surface area contributed by atoms with Gasteiger partial charge in [0.2, 0.25) is 0 Å². The first kappa shape index (κ1) is 20.5. The van der Waals surface area contributed by atoms with Gasteiger partial charge in [-0.05, 0) is 56.7 Å². The molecule has 0 aliphatic carbocycles. The molecule has 1 amide bonds. The minimum atomic E-state index is -0.425. The molecule has 4 rings (SSSR count). The highest BCUT2D eigenvalue weighted by molar-refractivity contribution is 5.95. The number of aromatic nitrogens is 2. The second-order valence-electron chi connectivity index (χ2n) is 7.87. The summed E-state index contributed by atoms with van der Waals surface area (Å²) in [4.78, 5) is 33.2. The van der Waals surface area contributed by atoms with Crippen LogP contribution in [0.25, 0.3) is 16.6 Å². The third-order valence-corrected chi connectivity index (χ3v) is 5.74. The minimum Gasteiger partial charge on any atom is -0.332 e. The van der Waals surface area contributed by atoms with Gasteiger partial charge in [0, 0.05) is 12.6 Å². The van der Waals surface area contributed by atoms with Crippen molar-refractivity contribution in [2.75, 3.05) is 7.05 Å². The largest absolute Gasteiger partial charge is 0.332 e. The van der Waals surface area contributed by atoms with Crippen molar-refractivity contribution in [3.63, 3.8) is 0 Å². The molecule has 0 saturated heterocycles. The van der Waals surface area contributed by atoms with Gasteiger partial charge in [0.15, 0.2) is 0 Å². The SMILES string of the molecule is Cc1ccc(-n2c(C(C)N(C)C(=O)c3ccccc3C)nc3ccccc3c2=O)cc1. The fourth-order valence-electron chi connectivity index (χ4n) is 3.73. The molecule has 0 bridgehead atoms. The molecule has 31 heavy (non-hydrogen) atoms. The van der Waals surface area contributed by atoms with Gasteiger partial charge in [-0.3, -0.25) is 14.2 Å². The third kappa shape index (κ3) is 3.75. The van der Waals surface area contributed by atoms with Gasteiger partial charge in [-0.2, -0.15) is 0 Å². The van der Waals surface area contributed by atoms with E-state index in [1.807, 2.05) is 87.5 Å². The molecule has 5 nitrogen and oxygen atoms in total. The van der Waals surface area contributed by atoms with Gasteiger partial charge in [-0.15, -0.1) is 0 Å². The van der Waals surface area contributed by atoms with Crippen LogP contribution in [0.15, 0.2) is 77.6 Å².